The van der Waals surface area contributed by atoms with Gasteiger partial charge in [-0.05, 0) is 71.2 Å². The van der Waals surface area contributed by atoms with Crippen molar-refractivity contribution in [3.63, 3.8) is 0 Å². The number of nitrogens with zero attached hydrogens (tertiary/aromatic N) is 2. The maximum atomic E-state index is 14.1. The van der Waals surface area contributed by atoms with Gasteiger partial charge in [-0.3, -0.25) is 24.1 Å². The number of likely N-dealkylation sites (tertiary alicyclic amines) is 1. The fourth-order valence-corrected chi connectivity index (χ4v) is 9.19. The summed E-state index contributed by atoms with van der Waals surface area (Å²) in [5, 5.41) is 30.1. The molecule has 2 aliphatic heterocycles. The van der Waals surface area contributed by atoms with Crippen molar-refractivity contribution in [2.75, 3.05) is 17.5 Å². The number of aromatic carboxylic acids is 1. The van der Waals surface area contributed by atoms with Gasteiger partial charge in [0.05, 0.1) is 33.7 Å². The van der Waals surface area contributed by atoms with E-state index in [1.54, 1.807) is 12.1 Å². The highest BCUT2D eigenvalue weighted by molar-refractivity contribution is 14.1. The Bertz CT molecular complexity index is 1740. The van der Waals surface area contributed by atoms with Crippen LogP contribution in [0.4, 0.5) is 5.69 Å². The number of anilines is 1. The average Bonchev–Trinajstić information content (AvgIpc) is 3.31. The molecule has 6 unspecified atom stereocenters. The maximum Gasteiger partial charge on any atom is 0.339 e. The zero-order valence-corrected chi connectivity index (χ0v) is 27.8. The van der Waals surface area contributed by atoms with Crippen LogP contribution in [-0.2, 0) is 19.2 Å². The molecule has 0 bridgehead atoms. The predicted octanol–water partition coefficient (Wildman–Crippen LogP) is 4.33. The van der Waals surface area contributed by atoms with Crippen LogP contribution >= 0.6 is 61.7 Å². The molecule has 2 aliphatic carbocycles. The van der Waals surface area contributed by atoms with Gasteiger partial charge in [-0.1, -0.05) is 27.6 Å². The number of aromatic hydroxyl groups is 2. The number of methoxy groups -OCH3 is 1. The third-order valence-electron chi connectivity index (χ3n) is 9.09. The third kappa shape index (κ3) is 4.01. The van der Waals surface area contributed by atoms with E-state index in [0.717, 1.165) is 21.9 Å². The van der Waals surface area contributed by atoms with Crippen LogP contribution in [0.5, 0.6) is 17.2 Å². The van der Waals surface area contributed by atoms with E-state index in [-0.39, 0.29) is 35.5 Å². The Kier molecular flexibility index (Phi) is 7.49. The summed E-state index contributed by atoms with van der Waals surface area (Å²) < 4.78 is 5.75. The second-order valence-electron chi connectivity index (χ2n) is 11.1. The molecule has 6 rings (SSSR count). The summed E-state index contributed by atoms with van der Waals surface area (Å²) in [6, 6.07) is 6.52. The largest absolute Gasteiger partial charge is 0.507 e. The lowest BCUT2D eigenvalue weighted by Gasteiger charge is -2.50. The summed E-state index contributed by atoms with van der Waals surface area (Å²) in [7, 11) is 1.36. The number of benzene rings is 2. The molecule has 2 heterocycles. The van der Waals surface area contributed by atoms with E-state index < -0.39 is 74.3 Å². The predicted molar refractivity (Wildman–Crippen MR) is 168 cm³/mol. The minimum atomic E-state index is -2.02. The summed E-state index contributed by atoms with van der Waals surface area (Å²) in [6.45, 7) is 0. The summed E-state index contributed by atoms with van der Waals surface area (Å²) in [5.41, 5.74) is 0.387. The van der Waals surface area contributed by atoms with Gasteiger partial charge in [-0.15, -0.1) is 23.2 Å². The van der Waals surface area contributed by atoms with Gasteiger partial charge in [0.2, 0.25) is 11.8 Å². The van der Waals surface area contributed by atoms with Crippen LogP contribution in [0.15, 0.2) is 42.0 Å². The normalized spacial score (nSPS) is 31.1. The summed E-state index contributed by atoms with van der Waals surface area (Å²) in [4.78, 5) is 64.7. The Morgan fingerprint density at radius 2 is 1.80 bits per heavy atom. The highest BCUT2D eigenvalue weighted by Crippen LogP contribution is 2.66. The molecule has 15 heteroatoms. The topological polar surface area (TPSA) is 162 Å². The van der Waals surface area contributed by atoms with E-state index >= 15 is 0 Å². The number of carboxylic acid groups (broad SMARTS) is 1. The number of rotatable bonds is 5. The number of phenols is 2. The van der Waals surface area contributed by atoms with Crippen molar-refractivity contribution in [1.29, 1.82) is 0 Å². The number of carbonyl (C=O) groups excluding carboxylic acids is 4. The van der Waals surface area contributed by atoms with Gasteiger partial charge < -0.3 is 20.1 Å². The molecule has 2 aromatic rings. The quantitative estimate of drug-likeness (QED) is 0.131. The van der Waals surface area contributed by atoms with Crippen LogP contribution in [0.3, 0.4) is 0 Å². The van der Waals surface area contributed by atoms with Crippen molar-refractivity contribution in [2.24, 2.45) is 17.8 Å². The number of allylic oxidation sites excluding steroid dienone is 2. The number of ether oxygens (including phenoxy) is 1. The molecule has 44 heavy (non-hydrogen) atoms. The van der Waals surface area contributed by atoms with Gasteiger partial charge in [0.25, 0.3) is 11.8 Å². The number of hydrogen-bond donors (Lipinski definition) is 3. The number of halogens is 4. The van der Waals surface area contributed by atoms with Crippen molar-refractivity contribution in [2.45, 2.75) is 28.5 Å². The maximum absolute atomic E-state index is 14.1. The van der Waals surface area contributed by atoms with E-state index in [9.17, 15) is 39.3 Å². The molecule has 1 saturated carbocycles. The van der Waals surface area contributed by atoms with Crippen LogP contribution in [0.25, 0.3) is 0 Å². The molecule has 6 atom stereocenters. The van der Waals surface area contributed by atoms with Gasteiger partial charge in [-0.2, -0.15) is 0 Å². The molecule has 3 N–H and O–H groups in total. The average molecular weight is 820 g/mol. The van der Waals surface area contributed by atoms with Crippen LogP contribution in [0.2, 0.25) is 0 Å². The molecular weight excluding hydrogens is 798 g/mol. The van der Waals surface area contributed by atoms with Gasteiger partial charge in [-0.25, -0.2) is 9.69 Å². The van der Waals surface area contributed by atoms with Crippen molar-refractivity contribution in [3.8, 4) is 17.2 Å². The molecule has 11 nitrogen and oxygen atoms in total. The standard InChI is InChI=1S/C29H22BrCl2IN2O9/c1-44-19-7-11(6-17(33)22(19)37)21-13-4-5-15-20(16(13)9-28(31)26(42)34(10-30)27(43)29(21,28)32)24(39)35(23(15)38)12-2-3-14(25(40)41)18(36)8-12/h2-4,6-8,15-16,20-21,36-37H,5,9-10H2,1H3,(H,40,41). The summed E-state index contributed by atoms with van der Waals surface area (Å²) in [6.07, 6.45) is 1.64. The molecule has 2 saturated heterocycles. The van der Waals surface area contributed by atoms with Crippen molar-refractivity contribution < 1.29 is 44.0 Å². The van der Waals surface area contributed by atoms with E-state index in [2.05, 4.69) is 15.9 Å². The van der Waals surface area contributed by atoms with Crippen LogP contribution in [-0.4, -0.2) is 72.1 Å². The lowest BCUT2D eigenvalue weighted by Crippen LogP contribution is -2.60. The fraction of sp³-hybridized carbons (Fsp3) is 0.345. The van der Waals surface area contributed by atoms with Crippen LogP contribution in [0.1, 0.15) is 34.7 Å². The number of carbonyl (C=O) groups is 5. The molecule has 0 radical (unpaired) electrons. The van der Waals surface area contributed by atoms with Gasteiger partial charge in [0.15, 0.2) is 21.2 Å². The second kappa shape index (κ2) is 10.6. The van der Waals surface area contributed by atoms with E-state index in [1.807, 2.05) is 22.6 Å². The SMILES string of the molecule is COc1cc(C2C3=CCC4C(=O)N(c5ccc(C(=O)O)c(O)c5)C(=O)C4C3CC3(Cl)C(=O)N(CBr)C(=O)C23Cl)cc(I)c1O. The highest BCUT2D eigenvalue weighted by Gasteiger charge is 2.76. The number of carboxylic acids is 1. The minimum Gasteiger partial charge on any atom is -0.507 e. The molecular formula is C29H22BrCl2IN2O9. The molecule has 4 aliphatic rings. The lowest BCUT2D eigenvalue weighted by molar-refractivity contribution is -0.138. The smallest absolute Gasteiger partial charge is 0.339 e. The first-order valence-corrected chi connectivity index (χ1v) is 16.2. The second-order valence-corrected chi connectivity index (χ2v) is 14.0. The molecule has 4 amide bonds. The number of alkyl halides is 3. The molecule has 230 valence electrons. The number of fused-ring (bicyclic) bond motifs is 4. The zero-order chi connectivity index (χ0) is 32.0. The minimum absolute atomic E-state index is 0.00602. The monoisotopic (exact) mass is 818 g/mol. The summed E-state index contributed by atoms with van der Waals surface area (Å²) in [5.74, 6) is -8.39. The number of hydrogen-bond acceptors (Lipinski definition) is 8. The van der Waals surface area contributed by atoms with Gasteiger partial charge in [0.1, 0.15) is 11.3 Å². The van der Waals surface area contributed by atoms with Gasteiger partial charge >= 0.3 is 5.97 Å². The number of phenolic OH excluding ortho intramolecular Hbond substituents is 1. The Hall–Kier alpha value is -2.88. The number of amides is 4. The van der Waals surface area contributed by atoms with Gasteiger partial charge in [0, 0.05) is 12.0 Å². The van der Waals surface area contributed by atoms with Crippen molar-refractivity contribution in [3.05, 3.63) is 56.7 Å². The van der Waals surface area contributed by atoms with Crippen molar-refractivity contribution in [1.82, 2.24) is 4.90 Å². The van der Waals surface area contributed by atoms with Crippen LogP contribution < -0.4 is 9.64 Å². The first-order chi connectivity index (χ1) is 20.7. The Labute approximate surface area is 282 Å². The Morgan fingerprint density at radius 1 is 1.09 bits per heavy atom. The lowest BCUT2D eigenvalue weighted by atomic mass is 9.56. The van der Waals surface area contributed by atoms with E-state index in [0.29, 0.717) is 14.7 Å². The fourth-order valence-electron chi connectivity index (χ4n) is 7.14. The Balaban J connectivity index is 1.51. The zero-order valence-electron chi connectivity index (χ0n) is 22.6. The van der Waals surface area contributed by atoms with Crippen molar-refractivity contribution >= 4 is 97.0 Å². The first-order valence-electron chi connectivity index (χ1n) is 13.2. The molecule has 0 spiro atoms. The van der Waals surface area contributed by atoms with E-state index in [1.165, 1.54) is 19.2 Å². The first kappa shape index (κ1) is 31.1. The molecule has 3 fully saturated rings. The highest BCUT2D eigenvalue weighted by atomic mass is 127. The summed E-state index contributed by atoms with van der Waals surface area (Å²) >= 11 is 19.5. The molecule has 2 aromatic carbocycles. The number of imide groups is 2. The molecule has 0 aromatic heterocycles. The van der Waals surface area contributed by atoms with Crippen LogP contribution in [0, 0.1) is 21.3 Å². The third-order valence-corrected chi connectivity index (χ3v) is 11.8. The van der Waals surface area contributed by atoms with E-state index in [4.69, 9.17) is 27.9 Å². The Morgan fingerprint density at radius 3 is 2.41 bits per heavy atom.